The molecular weight excluding hydrogens is 376 g/mol. The van der Waals surface area contributed by atoms with Gasteiger partial charge in [-0.1, -0.05) is 0 Å². The van der Waals surface area contributed by atoms with Crippen LogP contribution >= 0.6 is 0 Å². The predicted molar refractivity (Wildman–Crippen MR) is 96.9 cm³/mol. The minimum Gasteiger partial charge on any atom is -0.394 e. The Morgan fingerprint density at radius 3 is 2.39 bits per heavy atom. The number of methoxy groups -OCH3 is 1. The van der Waals surface area contributed by atoms with Crippen molar-refractivity contribution in [2.45, 2.75) is 73.6 Å². The molecule has 166 valence electrons. The van der Waals surface area contributed by atoms with E-state index >= 15 is 0 Å². The summed E-state index contributed by atoms with van der Waals surface area (Å²) in [4.78, 5) is 0. The monoisotopic (exact) mass is 410 g/mol. The second kappa shape index (κ2) is 10.5. The third-order valence-electron chi connectivity index (χ3n) is 5.41. The van der Waals surface area contributed by atoms with Crippen molar-refractivity contribution in [3.8, 4) is 0 Å². The summed E-state index contributed by atoms with van der Waals surface area (Å²) in [6, 6.07) is -2.12. The van der Waals surface area contributed by atoms with Gasteiger partial charge in [0.2, 0.25) is 0 Å². The number of ether oxygens (including phenoxy) is 3. The minimum atomic E-state index is -1.39. The molecule has 2 fully saturated rings. The topological polar surface area (TPSA) is 219 Å². The number of nitrogens with one attached hydrogen (secondary N) is 1. The van der Waals surface area contributed by atoms with Crippen molar-refractivity contribution < 1.29 is 39.7 Å². The van der Waals surface area contributed by atoms with Crippen LogP contribution in [-0.4, -0.2) is 119 Å². The average molecular weight is 410 g/mol. The van der Waals surface area contributed by atoms with Gasteiger partial charge in [0.1, 0.15) is 36.6 Å². The molecule has 2 unspecified atom stereocenters. The van der Waals surface area contributed by atoms with Crippen LogP contribution < -0.4 is 22.5 Å². The molecule has 2 rings (SSSR count). The standard InChI is InChI=1S/C16H34N4O8/c1-26-14-7(18)2-8(20-4-6(22)3-17)15(13(14)25)28-16-12(24)10(19)11(23)9(5-21)27-16/h6-16,20-25H,2-5,17-19H2,1H3/t6?,7-,8+,9+,10-,11+,12+,13-,14?,15-,16+/m0/s1. The fourth-order valence-electron chi connectivity index (χ4n) is 3.68. The lowest BCUT2D eigenvalue weighted by molar-refractivity contribution is -0.306. The van der Waals surface area contributed by atoms with E-state index in [4.69, 9.17) is 31.4 Å². The maximum Gasteiger partial charge on any atom is 0.186 e. The van der Waals surface area contributed by atoms with Gasteiger partial charge in [0, 0.05) is 32.3 Å². The lowest BCUT2D eigenvalue weighted by atomic mass is 9.83. The van der Waals surface area contributed by atoms with Crippen LogP contribution in [0.5, 0.6) is 0 Å². The molecule has 28 heavy (non-hydrogen) atoms. The molecule has 1 saturated heterocycles. The van der Waals surface area contributed by atoms with Crippen molar-refractivity contribution in [2.75, 3.05) is 26.8 Å². The molecular formula is C16H34N4O8. The van der Waals surface area contributed by atoms with E-state index in [1.54, 1.807) is 0 Å². The molecule has 2 aliphatic rings. The zero-order valence-electron chi connectivity index (χ0n) is 15.9. The molecule has 0 spiro atoms. The lowest BCUT2D eigenvalue weighted by Gasteiger charge is -2.47. The first kappa shape index (κ1) is 23.8. The van der Waals surface area contributed by atoms with E-state index in [1.807, 2.05) is 0 Å². The van der Waals surface area contributed by atoms with E-state index in [-0.39, 0.29) is 13.1 Å². The summed E-state index contributed by atoms with van der Waals surface area (Å²) in [5.74, 6) is 0. The van der Waals surface area contributed by atoms with Crippen molar-refractivity contribution in [2.24, 2.45) is 17.2 Å². The van der Waals surface area contributed by atoms with Crippen LogP contribution in [0.2, 0.25) is 0 Å². The van der Waals surface area contributed by atoms with Crippen molar-refractivity contribution >= 4 is 0 Å². The fraction of sp³-hybridized carbons (Fsp3) is 1.00. The van der Waals surface area contributed by atoms with Gasteiger partial charge in [-0.15, -0.1) is 0 Å². The molecule has 0 aromatic carbocycles. The molecule has 1 aliphatic carbocycles. The van der Waals surface area contributed by atoms with Crippen LogP contribution in [0.1, 0.15) is 6.42 Å². The van der Waals surface area contributed by atoms with Gasteiger partial charge in [0.25, 0.3) is 0 Å². The number of nitrogens with two attached hydrogens (primary N) is 3. The van der Waals surface area contributed by atoms with E-state index in [1.165, 1.54) is 7.11 Å². The minimum absolute atomic E-state index is 0.0515. The van der Waals surface area contributed by atoms with E-state index in [9.17, 15) is 25.5 Å². The third kappa shape index (κ3) is 5.16. The summed E-state index contributed by atoms with van der Waals surface area (Å²) in [5, 5.41) is 53.1. The maximum absolute atomic E-state index is 10.7. The second-order valence-corrected chi connectivity index (χ2v) is 7.38. The second-order valence-electron chi connectivity index (χ2n) is 7.38. The summed E-state index contributed by atoms with van der Waals surface area (Å²) in [5.41, 5.74) is 17.3. The zero-order valence-corrected chi connectivity index (χ0v) is 15.9. The van der Waals surface area contributed by atoms with Gasteiger partial charge in [-0.25, -0.2) is 0 Å². The van der Waals surface area contributed by atoms with Gasteiger partial charge in [-0.05, 0) is 6.42 Å². The largest absolute Gasteiger partial charge is 0.394 e. The van der Waals surface area contributed by atoms with Gasteiger partial charge in [-0.3, -0.25) is 0 Å². The highest BCUT2D eigenvalue weighted by Crippen LogP contribution is 2.29. The third-order valence-corrected chi connectivity index (χ3v) is 5.41. The quantitative estimate of drug-likeness (QED) is 0.183. The lowest BCUT2D eigenvalue weighted by Crippen LogP contribution is -2.68. The van der Waals surface area contributed by atoms with Gasteiger partial charge >= 0.3 is 0 Å². The highest BCUT2D eigenvalue weighted by atomic mass is 16.7. The molecule has 11 atom stereocenters. The summed E-state index contributed by atoms with van der Waals surface area (Å²) in [7, 11) is 1.41. The van der Waals surface area contributed by atoms with Gasteiger partial charge < -0.3 is 62.3 Å². The van der Waals surface area contributed by atoms with Crippen LogP contribution in [-0.2, 0) is 14.2 Å². The average Bonchev–Trinajstić information content (AvgIpc) is 2.68. The van der Waals surface area contributed by atoms with Gasteiger partial charge in [-0.2, -0.15) is 0 Å². The normalized spacial score (nSPS) is 45.8. The molecule has 0 bridgehead atoms. The van der Waals surface area contributed by atoms with Crippen LogP contribution in [0.15, 0.2) is 0 Å². The Morgan fingerprint density at radius 2 is 1.82 bits per heavy atom. The number of rotatable bonds is 8. The Kier molecular flexibility index (Phi) is 8.94. The maximum atomic E-state index is 10.7. The number of hydrogen-bond acceptors (Lipinski definition) is 12. The van der Waals surface area contributed by atoms with Gasteiger partial charge in [0.05, 0.1) is 18.8 Å². The smallest absolute Gasteiger partial charge is 0.186 e. The summed E-state index contributed by atoms with van der Waals surface area (Å²) >= 11 is 0. The van der Waals surface area contributed by atoms with Crippen LogP contribution in [0.25, 0.3) is 0 Å². The Balaban J connectivity index is 2.16. The number of hydrogen-bond donors (Lipinski definition) is 9. The molecule has 12 heteroatoms. The number of aliphatic hydroxyl groups excluding tert-OH is 5. The van der Waals surface area contributed by atoms with E-state index in [0.29, 0.717) is 6.42 Å². The first-order chi connectivity index (χ1) is 13.2. The summed E-state index contributed by atoms with van der Waals surface area (Å²) in [6.07, 6.45) is -8.30. The van der Waals surface area contributed by atoms with Crippen LogP contribution in [0.3, 0.4) is 0 Å². The van der Waals surface area contributed by atoms with E-state index in [2.05, 4.69) is 5.32 Å². The van der Waals surface area contributed by atoms with E-state index < -0.39 is 73.8 Å². The highest BCUT2D eigenvalue weighted by molar-refractivity contribution is 5.01. The molecule has 12 nitrogen and oxygen atoms in total. The first-order valence-electron chi connectivity index (χ1n) is 9.36. The van der Waals surface area contributed by atoms with Crippen molar-refractivity contribution in [1.82, 2.24) is 5.32 Å². The molecule has 1 aliphatic heterocycles. The summed E-state index contributed by atoms with van der Waals surface area (Å²) in [6.45, 7) is -0.329. The van der Waals surface area contributed by atoms with E-state index in [0.717, 1.165) is 0 Å². The zero-order chi connectivity index (χ0) is 21.0. The Bertz CT molecular complexity index is 476. The van der Waals surface area contributed by atoms with Gasteiger partial charge in [0.15, 0.2) is 6.29 Å². The molecule has 1 saturated carbocycles. The number of aliphatic hydroxyl groups is 5. The Morgan fingerprint density at radius 1 is 1.14 bits per heavy atom. The van der Waals surface area contributed by atoms with Crippen molar-refractivity contribution in [3.05, 3.63) is 0 Å². The fourth-order valence-corrected chi connectivity index (χ4v) is 3.68. The van der Waals surface area contributed by atoms with Crippen LogP contribution in [0.4, 0.5) is 0 Å². The highest BCUT2D eigenvalue weighted by Gasteiger charge is 2.49. The molecule has 0 amide bonds. The molecule has 1 heterocycles. The summed E-state index contributed by atoms with van der Waals surface area (Å²) < 4.78 is 16.5. The predicted octanol–water partition coefficient (Wildman–Crippen LogP) is -5.48. The Labute approximate surface area is 163 Å². The molecule has 0 aromatic rings. The SMILES string of the molecule is COC1[C@@H](N)C[C@@H](NCC(O)CN)[C@H](O[C@H]2O[C@H](CO)[C@@H](O)[C@H](N)[C@H]2O)[C@H]1O. The molecule has 12 N–H and O–H groups in total. The van der Waals surface area contributed by atoms with Crippen molar-refractivity contribution in [1.29, 1.82) is 0 Å². The Hall–Kier alpha value is -0.480. The molecule has 0 radical (unpaired) electrons. The van der Waals surface area contributed by atoms with Crippen LogP contribution in [0, 0.1) is 0 Å². The molecule has 0 aromatic heterocycles. The first-order valence-corrected chi connectivity index (χ1v) is 9.36. The van der Waals surface area contributed by atoms with Crippen molar-refractivity contribution in [3.63, 3.8) is 0 Å².